The minimum absolute atomic E-state index is 0.0946. The molecule has 4 rings (SSSR count). The first-order valence-electron chi connectivity index (χ1n) is 14.2. The third kappa shape index (κ3) is 8.36. The maximum atomic E-state index is 13.6. The molecule has 0 unspecified atom stereocenters. The minimum Gasteiger partial charge on any atom is -0.432 e. The van der Waals surface area contributed by atoms with Gasteiger partial charge in [0.2, 0.25) is 13.6 Å². The number of hydrogen-bond donors (Lipinski definition) is 1. The summed E-state index contributed by atoms with van der Waals surface area (Å²) in [4.78, 5) is 32.8. The fraction of sp³-hybridized carbons (Fsp3) is 0.571. The largest absolute Gasteiger partial charge is 0.510 e. The number of imidazole rings is 1. The molecule has 0 saturated heterocycles. The van der Waals surface area contributed by atoms with E-state index in [2.05, 4.69) is 9.55 Å². The summed E-state index contributed by atoms with van der Waals surface area (Å²) in [6.07, 6.45) is -1.98. The van der Waals surface area contributed by atoms with Gasteiger partial charge in [0.25, 0.3) is 0 Å². The van der Waals surface area contributed by atoms with E-state index in [0.717, 1.165) is 29.3 Å². The number of benzene rings is 1. The van der Waals surface area contributed by atoms with Crippen molar-refractivity contribution in [3.05, 3.63) is 30.1 Å². The van der Waals surface area contributed by atoms with Gasteiger partial charge in [0.15, 0.2) is 5.82 Å². The normalized spacial score (nSPS) is 14.3. The van der Waals surface area contributed by atoms with E-state index in [1.54, 1.807) is 27.7 Å². The number of carbonyl (C=O) groups is 2. The zero-order valence-electron chi connectivity index (χ0n) is 25.5. The number of hydrogen-bond acceptors (Lipinski definition) is 14. The monoisotopic (exact) mass is 638 g/mol. The molecule has 1 aromatic carbocycles. The van der Waals surface area contributed by atoms with E-state index >= 15 is 0 Å². The quantitative estimate of drug-likeness (QED) is 0.119. The Morgan fingerprint density at radius 2 is 1.59 bits per heavy atom. The Balaban J connectivity index is 1.53. The van der Waals surface area contributed by atoms with Crippen LogP contribution < -0.4 is 5.73 Å². The first-order chi connectivity index (χ1) is 21.0. The molecule has 1 fully saturated rings. The van der Waals surface area contributed by atoms with Gasteiger partial charge in [-0.2, -0.15) is 0 Å². The fourth-order valence-electron chi connectivity index (χ4n) is 4.45. The molecule has 2 heterocycles. The number of pyridine rings is 1. The van der Waals surface area contributed by atoms with Gasteiger partial charge < -0.3 is 38.7 Å². The van der Waals surface area contributed by atoms with Gasteiger partial charge in [-0.15, -0.1) is 0 Å². The SMILES string of the molecule is CCOCc1nc2c(N)nc3ccccc3c2n1C1(COCP(=O)(OCOC(=O)OC(C)C)OCOC(=O)OC(C)C)CC1. The summed E-state index contributed by atoms with van der Waals surface area (Å²) in [5.74, 6) is 0.947. The molecule has 242 valence electrons. The maximum absolute atomic E-state index is 13.6. The van der Waals surface area contributed by atoms with E-state index in [4.69, 9.17) is 48.2 Å². The van der Waals surface area contributed by atoms with Crippen LogP contribution in [0.15, 0.2) is 24.3 Å². The van der Waals surface area contributed by atoms with Crippen LogP contribution in [-0.2, 0) is 54.2 Å². The van der Waals surface area contributed by atoms with Crippen LogP contribution in [0.4, 0.5) is 15.4 Å². The predicted octanol–water partition coefficient (Wildman–Crippen LogP) is 5.43. The summed E-state index contributed by atoms with van der Waals surface area (Å²) in [6, 6.07) is 7.63. The maximum Gasteiger partial charge on any atom is 0.510 e. The van der Waals surface area contributed by atoms with Crippen LogP contribution >= 0.6 is 7.60 Å². The number of rotatable bonds is 16. The average molecular weight is 639 g/mol. The van der Waals surface area contributed by atoms with Crippen LogP contribution in [0.3, 0.4) is 0 Å². The van der Waals surface area contributed by atoms with Crippen molar-refractivity contribution < 1.29 is 51.6 Å². The van der Waals surface area contributed by atoms with Gasteiger partial charge >= 0.3 is 19.9 Å². The number of aromatic nitrogens is 3. The highest BCUT2D eigenvalue weighted by molar-refractivity contribution is 7.53. The molecule has 2 N–H and O–H groups in total. The number of nitrogen functional groups attached to an aromatic ring is 1. The lowest BCUT2D eigenvalue weighted by Gasteiger charge is -2.24. The van der Waals surface area contributed by atoms with Gasteiger partial charge in [0.1, 0.15) is 24.3 Å². The number of fused-ring (bicyclic) bond motifs is 3. The summed E-state index contributed by atoms with van der Waals surface area (Å²) < 4.78 is 57.3. The molecular weight excluding hydrogens is 599 g/mol. The molecule has 15 nitrogen and oxygen atoms in total. The van der Waals surface area contributed by atoms with Crippen molar-refractivity contribution in [2.75, 3.05) is 38.9 Å². The van der Waals surface area contributed by atoms with Gasteiger partial charge in [-0.05, 0) is 53.5 Å². The van der Waals surface area contributed by atoms with E-state index in [-0.39, 0.29) is 13.2 Å². The van der Waals surface area contributed by atoms with Crippen LogP contribution in [0.1, 0.15) is 53.3 Å². The van der Waals surface area contributed by atoms with Crippen molar-refractivity contribution in [1.29, 1.82) is 0 Å². The second-order valence-corrected chi connectivity index (χ2v) is 12.6. The Labute approximate surface area is 254 Å². The third-order valence-electron chi connectivity index (χ3n) is 6.46. The van der Waals surface area contributed by atoms with E-state index in [0.29, 0.717) is 23.8 Å². The summed E-state index contributed by atoms with van der Waals surface area (Å²) in [7, 11) is -4.13. The van der Waals surface area contributed by atoms with Gasteiger partial charge in [-0.3, -0.25) is 13.6 Å². The molecule has 3 aromatic rings. The highest BCUT2D eigenvalue weighted by Crippen LogP contribution is 2.51. The molecule has 2 aromatic heterocycles. The number of anilines is 1. The second kappa shape index (κ2) is 14.5. The minimum atomic E-state index is -4.13. The highest BCUT2D eigenvalue weighted by atomic mass is 31.2. The Kier molecular flexibility index (Phi) is 11.0. The Morgan fingerprint density at radius 3 is 2.16 bits per heavy atom. The fourth-order valence-corrected chi connectivity index (χ4v) is 5.41. The lowest BCUT2D eigenvalue weighted by Crippen LogP contribution is -2.26. The lowest BCUT2D eigenvalue weighted by molar-refractivity contribution is -0.0350. The Bertz CT molecular complexity index is 1470. The zero-order chi connectivity index (χ0) is 31.9. The smallest absolute Gasteiger partial charge is 0.432 e. The molecular formula is C28H39N4O11P. The summed E-state index contributed by atoms with van der Waals surface area (Å²) in [5, 5.41) is 0.867. The molecule has 1 aliphatic rings. The molecule has 16 heteroatoms. The highest BCUT2D eigenvalue weighted by Gasteiger charge is 2.48. The molecule has 0 bridgehead atoms. The molecule has 0 radical (unpaired) electrons. The van der Waals surface area contributed by atoms with Crippen LogP contribution in [0.2, 0.25) is 0 Å². The van der Waals surface area contributed by atoms with E-state index in [9.17, 15) is 14.2 Å². The van der Waals surface area contributed by atoms with Crippen LogP contribution in [-0.4, -0.2) is 72.2 Å². The molecule has 0 aliphatic heterocycles. The topological polar surface area (TPSA) is 182 Å². The van der Waals surface area contributed by atoms with Gasteiger partial charge in [0, 0.05) is 12.0 Å². The first-order valence-corrected chi connectivity index (χ1v) is 16.0. The van der Waals surface area contributed by atoms with Crippen molar-refractivity contribution >= 4 is 47.7 Å². The van der Waals surface area contributed by atoms with Gasteiger partial charge in [-0.1, -0.05) is 18.2 Å². The van der Waals surface area contributed by atoms with E-state index in [1.165, 1.54) is 0 Å². The number of ether oxygens (including phenoxy) is 6. The molecule has 1 saturated carbocycles. The third-order valence-corrected chi connectivity index (χ3v) is 7.96. The van der Waals surface area contributed by atoms with E-state index < -0.39 is 57.6 Å². The van der Waals surface area contributed by atoms with Crippen molar-refractivity contribution in [1.82, 2.24) is 14.5 Å². The Hall–Kier alpha value is -3.49. The van der Waals surface area contributed by atoms with Crippen LogP contribution in [0.5, 0.6) is 0 Å². The van der Waals surface area contributed by atoms with Crippen molar-refractivity contribution in [3.8, 4) is 0 Å². The van der Waals surface area contributed by atoms with Crippen LogP contribution in [0, 0.1) is 0 Å². The molecule has 0 amide bonds. The lowest BCUT2D eigenvalue weighted by atomic mass is 10.1. The molecule has 1 aliphatic carbocycles. The summed E-state index contributed by atoms with van der Waals surface area (Å²) >= 11 is 0. The number of nitrogens with zero attached hydrogens (tertiary/aromatic N) is 3. The first kappa shape index (κ1) is 33.4. The van der Waals surface area contributed by atoms with Gasteiger partial charge in [-0.25, -0.2) is 19.6 Å². The zero-order valence-corrected chi connectivity index (χ0v) is 26.4. The van der Waals surface area contributed by atoms with Gasteiger partial charge in [0.05, 0.1) is 35.4 Å². The number of carbonyl (C=O) groups excluding carboxylic acids is 2. The number of nitrogens with two attached hydrogens (primary N) is 1. The second-order valence-electron chi connectivity index (χ2n) is 10.6. The summed E-state index contributed by atoms with van der Waals surface area (Å²) in [6.45, 7) is 7.77. The van der Waals surface area contributed by atoms with Crippen molar-refractivity contribution in [2.24, 2.45) is 0 Å². The molecule has 0 atom stereocenters. The van der Waals surface area contributed by atoms with Crippen LogP contribution in [0.25, 0.3) is 21.9 Å². The standard InChI is InChI=1S/C28H39N4O11P/c1-6-36-13-22-31-23-24(20-9-7-8-10-21(20)30-25(23)29)32(22)28(11-12-28)14-37-17-44(35,40-15-38-26(33)42-18(2)3)41-16-39-27(34)43-19(4)5/h7-10,18-19H,6,11-17H2,1-5H3,(H2,29,30). The average Bonchev–Trinajstić information content (AvgIpc) is 3.61. The van der Waals surface area contributed by atoms with Crippen molar-refractivity contribution in [2.45, 2.75) is 71.8 Å². The van der Waals surface area contributed by atoms with E-state index in [1.807, 2.05) is 31.2 Å². The van der Waals surface area contributed by atoms with Crippen molar-refractivity contribution in [3.63, 3.8) is 0 Å². The summed E-state index contributed by atoms with van der Waals surface area (Å²) in [5.41, 5.74) is 7.84. The Morgan fingerprint density at radius 1 is 0.977 bits per heavy atom. The molecule has 44 heavy (non-hydrogen) atoms. The molecule has 0 spiro atoms. The number of para-hydroxylation sites is 1. The predicted molar refractivity (Wildman–Crippen MR) is 158 cm³/mol.